The van der Waals surface area contributed by atoms with Gasteiger partial charge in [-0.1, -0.05) is 36.4 Å². The Morgan fingerprint density at radius 1 is 1.16 bits per heavy atom. The Hall–Kier alpha value is -2.62. The number of ether oxygens (including phenoxy) is 1. The van der Waals surface area contributed by atoms with E-state index in [4.69, 9.17) is 4.74 Å². The molecule has 3 aromatic rings. The molecule has 32 heavy (non-hydrogen) atoms. The van der Waals surface area contributed by atoms with E-state index in [0.29, 0.717) is 25.9 Å². The van der Waals surface area contributed by atoms with Crippen molar-refractivity contribution in [1.29, 1.82) is 0 Å². The molecule has 1 aliphatic rings. The fraction of sp³-hybridized carbons (Fsp3) is 0.435. The number of likely N-dealkylation sites (tertiary alicyclic amines) is 1. The van der Waals surface area contributed by atoms with Crippen molar-refractivity contribution < 1.29 is 23.1 Å². The van der Waals surface area contributed by atoms with Crippen molar-refractivity contribution in [3.05, 3.63) is 48.5 Å². The number of para-hydroxylation sites is 2. The first-order valence-corrected chi connectivity index (χ1v) is 12.5. The summed E-state index contributed by atoms with van der Waals surface area (Å²) in [6.07, 6.45) is 0.220. The van der Waals surface area contributed by atoms with Crippen molar-refractivity contribution in [2.24, 2.45) is 0 Å². The normalized spacial score (nSPS) is 18.2. The first-order valence-electron chi connectivity index (χ1n) is 10.8. The van der Waals surface area contributed by atoms with E-state index in [1.807, 2.05) is 41.0 Å². The number of benzene rings is 2. The summed E-state index contributed by atoms with van der Waals surface area (Å²) in [5, 5.41) is 12.9. The number of amides is 1. The molecule has 1 fully saturated rings. The molecule has 2 unspecified atom stereocenters. The largest absolute Gasteiger partial charge is 0.453 e. The Kier molecular flexibility index (Phi) is 6.68. The number of carbonyl (C=O) groups is 1. The van der Waals surface area contributed by atoms with Crippen molar-refractivity contribution in [2.75, 3.05) is 26.0 Å². The van der Waals surface area contributed by atoms with Gasteiger partial charge in [-0.3, -0.25) is 0 Å². The van der Waals surface area contributed by atoms with Gasteiger partial charge in [-0.2, -0.15) is 0 Å². The molecule has 1 aromatic heterocycles. The van der Waals surface area contributed by atoms with Gasteiger partial charge in [0.1, 0.15) is 0 Å². The minimum absolute atomic E-state index is 0.115. The molecule has 0 aliphatic carbocycles. The monoisotopic (exact) mass is 459 g/mol. The van der Waals surface area contributed by atoms with Crippen LogP contribution in [0.25, 0.3) is 21.8 Å². The molecule has 2 atom stereocenters. The van der Waals surface area contributed by atoms with Crippen molar-refractivity contribution in [3.63, 3.8) is 0 Å². The molecule has 2 N–H and O–H groups in total. The number of hydrogen-bond acceptors (Lipinski definition) is 5. The van der Waals surface area contributed by atoms with Gasteiger partial charge < -0.3 is 19.3 Å². The first-order chi connectivity index (χ1) is 15.4. The summed E-state index contributed by atoms with van der Waals surface area (Å²) >= 11 is 0. The summed E-state index contributed by atoms with van der Waals surface area (Å²) in [6.45, 7) is 1.15. The molecule has 1 aliphatic heterocycles. The third-order valence-corrected chi connectivity index (χ3v) is 7.46. The van der Waals surface area contributed by atoms with E-state index >= 15 is 0 Å². The van der Waals surface area contributed by atoms with Crippen LogP contribution < -0.4 is 4.72 Å². The quantitative estimate of drug-likeness (QED) is 0.566. The molecule has 0 saturated carbocycles. The second kappa shape index (κ2) is 9.48. The number of piperidine rings is 1. The molecule has 0 spiro atoms. The molecule has 0 bridgehead atoms. The van der Waals surface area contributed by atoms with Crippen LogP contribution in [0.2, 0.25) is 0 Å². The number of aromatic nitrogens is 1. The van der Waals surface area contributed by atoms with Crippen LogP contribution in [0.3, 0.4) is 0 Å². The zero-order chi connectivity index (χ0) is 22.7. The molecule has 1 amide bonds. The number of nitrogens with one attached hydrogen (secondary N) is 1. The number of hydrogen-bond donors (Lipinski definition) is 2. The second-order valence-electron chi connectivity index (χ2n) is 8.28. The standard InChI is InChI=1S/C23H29N3O5S/c1-31-23(28)25-13-6-7-17(15-25)24-32(29,30)14-12-18(27)16-26-21-10-4-2-8-19(21)20-9-3-5-11-22(20)26/h2-5,8-11,17-18,24,27H,6-7,12-16H2,1H3. The number of carbonyl (C=O) groups excluding carboxylic acids is 1. The summed E-state index contributed by atoms with van der Waals surface area (Å²) in [6, 6.07) is 15.7. The Morgan fingerprint density at radius 2 is 1.78 bits per heavy atom. The topological polar surface area (TPSA) is 101 Å². The van der Waals surface area contributed by atoms with Gasteiger partial charge in [0.05, 0.1) is 19.0 Å². The Labute approximate surface area is 187 Å². The molecule has 2 heterocycles. The van der Waals surface area contributed by atoms with Crippen LogP contribution in [0.4, 0.5) is 4.79 Å². The zero-order valence-corrected chi connectivity index (χ0v) is 18.9. The van der Waals surface area contributed by atoms with Crippen molar-refractivity contribution in [1.82, 2.24) is 14.2 Å². The minimum Gasteiger partial charge on any atom is -0.453 e. The third kappa shape index (κ3) is 4.90. The molecule has 172 valence electrons. The third-order valence-electron chi connectivity index (χ3n) is 5.99. The molecular weight excluding hydrogens is 430 g/mol. The van der Waals surface area contributed by atoms with Crippen LogP contribution in [0.15, 0.2) is 48.5 Å². The molecule has 4 rings (SSSR count). The highest BCUT2D eigenvalue weighted by Crippen LogP contribution is 2.29. The number of sulfonamides is 1. The Bertz CT molecular complexity index is 1150. The van der Waals surface area contributed by atoms with E-state index in [2.05, 4.69) is 16.9 Å². The molecule has 9 heteroatoms. The maximum Gasteiger partial charge on any atom is 0.409 e. The van der Waals surface area contributed by atoms with E-state index < -0.39 is 22.2 Å². The van der Waals surface area contributed by atoms with Crippen molar-refractivity contribution in [2.45, 2.75) is 38.0 Å². The number of nitrogens with zero attached hydrogens (tertiary/aromatic N) is 2. The molecular formula is C23H29N3O5S. The van der Waals surface area contributed by atoms with Crippen LogP contribution in [0, 0.1) is 0 Å². The average Bonchev–Trinajstić information content (AvgIpc) is 3.11. The molecule has 0 radical (unpaired) electrons. The summed E-state index contributed by atoms with van der Waals surface area (Å²) in [4.78, 5) is 13.2. The van der Waals surface area contributed by atoms with Gasteiger partial charge >= 0.3 is 6.09 Å². The van der Waals surface area contributed by atoms with Crippen molar-refractivity contribution in [3.8, 4) is 0 Å². The first kappa shape index (κ1) is 22.6. The van der Waals surface area contributed by atoms with E-state index in [1.54, 1.807) is 0 Å². The van der Waals surface area contributed by atoms with E-state index in [1.165, 1.54) is 12.0 Å². The maximum absolute atomic E-state index is 12.6. The van der Waals surface area contributed by atoms with Crippen LogP contribution in [-0.2, 0) is 21.3 Å². The van der Waals surface area contributed by atoms with Crippen molar-refractivity contribution >= 4 is 37.9 Å². The number of aliphatic hydroxyl groups is 1. The Morgan fingerprint density at radius 3 is 2.41 bits per heavy atom. The van der Waals surface area contributed by atoms with Gasteiger partial charge in [0, 0.05) is 47.5 Å². The minimum atomic E-state index is -3.59. The lowest BCUT2D eigenvalue weighted by atomic mass is 10.1. The Balaban J connectivity index is 1.39. The van der Waals surface area contributed by atoms with Crippen LogP contribution in [0.1, 0.15) is 19.3 Å². The fourth-order valence-corrected chi connectivity index (χ4v) is 5.87. The highest BCUT2D eigenvalue weighted by Gasteiger charge is 2.27. The smallest absolute Gasteiger partial charge is 0.409 e. The average molecular weight is 460 g/mol. The molecule has 8 nitrogen and oxygen atoms in total. The van der Waals surface area contributed by atoms with Gasteiger partial charge in [0.15, 0.2) is 0 Å². The molecule has 1 saturated heterocycles. The lowest BCUT2D eigenvalue weighted by molar-refractivity contribution is 0.109. The second-order valence-corrected chi connectivity index (χ2v) is 10.2. The van der Waals surface area contributed by atoms with Crippen LogP contribution in [0.5, 0.6) is 0 Å². The lowest BCUT2D eigenvalue weighted by Crippen LogP contribution is -2.50. The summed E-state index contributed by atoms with van der Waals surface area (Å²) < 4.78 is 34.7. The summed E-state index contributed by atoms with van der Waals surface area (Å²) in [5.41, 5.74) is 2.03. The fourth-order valence-electron chi connectivity index (χ4n) is 4.47. The zero-order valence-electron chi connectivity index (χ0n) is 18.1. The van der Waals surface area contributed by atoms with Gasteiger partial charge in [-0.05, 0) is 31.4 Å². The number of aliphatic hydroxyl groups excluding tert-OH is 1. The SMILES string of the molecule is COC(=O)N1CCCC(NS(=O)(=O)CCC(O)Cn2c3ccccc3c3ccccc32)C1. The van der Waals surface area contributed by atoms with Gasteiger partial charge in [-0.15, -0.1) is 0 Å². The summed E-state index contributed by atoms with van der Waals surface area (Å²) in [5.74, 6) is -0.181. The van der Waals surface area contributed by atoms with E-state index in [9.17, 15) is 18.3 Å². The predicted octanol–water partition coefficient (Wildman–Crippen LogP) is 2.70. The highest BCUT2D eigenvalue weighted by molar-refractivity contribution is 7.89. The van der Waals surface area contributed by atoms with Crippen LogP contribution >= 0.6 is 0 Å². The lowest BCUT2D eigenvalue weighted by Gasteiger charge is -2.31. The van der Waals surface area contributed by atoms with Gasteiger partial charge in [0.25, 0.3) is 0 Å². The number of rotatable bonds is 7. The highest BCUT2D eigenvalue weighted by atomic mass is 32.2. The van der Waals surface area contributed by atoms with E-state index in [-0.39, 0.29) is 24.8 Å². The predicted molar refractivity (Wildman–Crippen MR) is 124 cm³/mol. The number of fused-ring (bicyclic) bond motifs is 3. The maximum atomic E-state index is 12.6. The van der Waals surface area contributed by atoms with Crippen LogP contribution in [-0.4, -0.2) is 67.2 Å². The van der Waals surface area contributed by atoms with E-state index in [0.717, 1.165) is 21.8 Å². The number of methoxy groups -OCH3 is 1. The summed E-state index contributed by atoms with van der Waals surface area (Å²) in [7, 11) is -2.28. The van der Waals surface area contributed by atoms with Gasteiger partial charge in [-0.25, -0.2) is 17.9 Å². The molecule has 2 aromatic carbocycles. The van der Waals surface area contributed by atoms with Gasteiger partial charge in [0.2, 0.25) is 10.0 Å².